The molecule has 2 aliphatic rings. The molecule has 0 unspecified atom stereocenters. The van der Waals surface area contributed by atoms with E-state index in [4.69, 9.17) is 21.4 Å². The first-order valence-corrected chi connectivity index (χ1v) is 8.95. The van der Waals surface area contributed by atoms with Crippen LogP contribution in [-0.4, -0.2) is 15.7 Å². The maximum atomic E-state index is 6.32. The summed E-state index contributed by atoms with van der Waals surface area (Å²) in [6.45, 7) is 0. The predicted octanol–water partition coefficient (Wildman–Crippen LogP) is 4.98. The smallest absolute Gasteiger partial charge is 0.213 e. The van der Waals surface area contributed by atoms with E-state index in [1.54, 1.807) is 12.4 Å². The Kier molecular flexibility index (Phi) is 3.64. The molecule has 2 aromatic carbocycles. The van der Waals surface area contributed by atoms with Crippen LogP contribution in [0.2, 0.25) is 5.02 Å². The van der Waals surface area contributed by atoms with Crippen molar-refractivity contribution in [2.45, 2.75) is 18.7 Å². The maximum absolute atomic E-state index is 6.32. The van der Waals surface area contributed by atoms with Gasteiger partial charge in [-0.15, -0.1) is 0 Å². The molecule has 26 heavy (non-hydrogen) atoms. The average molecular weight is 362 g/mol. The number of pyridine rings is 1. The van der Waals surface area contributed by atoms with Crippen LogP contribution in [0.4, 0.5) is 0 Å². The number of rotatable bonds is 2. The summed E-state index contributed by atoms with van der Waals surface area (Å²) in [5, 5.41) is 7.71. The van der Waals surface area contributed by atoms with Crippen LogP contribution >= 0.6 is 11.6 Å². The van der Waals surface area contributed by atoms with Crippen LogP contribution in [0.1, 0.15) is 35.4 Å². The fraction of sp³-hybridized carbons (Fsp3) is 0.143. The summed E-state index contributed by atoms with van der Waals surface area (Å²) < 4.78 is 6.32. The minimum atomic E-state index is -0.272. The Morgan fingerprint density at radius 1 is 0.962 bits per heavy atom. The number of benzene rings is 2. The molecule has 2 aliphatic heterocycles. The van der Waals surface area contributed by atoms with Gasteiger partial charge in [0.05, 0.1) is 11.8 Å². The van der Waals surface area contributed by atoms with Crippen LogP contribution in [-0.2, 0) is 0 Å². The molecule has 2 atom stereocenters. The molecular weight excluding hydrogens is 346 g/mol. The molecule has 128 valence electrons. The molecule has 0 radical (unpaired) electrons. The first-order valence-electron chi connectivity index (χ1n) is 8.57. The van der Waals surface area contributed by atoms with Crippen molar-refractivity contribution in [2.75, 3.05) is 0 Å². The van der Waals surface area contributed by atoms with Crippen molar-refractivity contribution < 1.29 is 4.74 Å². The van der Waals surface area contributed by atoms with E-state index >= 15 is 0 Å². The summed E-state index contributed by atoms with van der Waals surface area (Å²) in [5.41, 5.74) is 4.36. The summed E-state index contributed by atoms with van der Waals surface area (Å²) >= 11 is 6.06. The molecule has 5 heteroatoms. The van der Waals surface area contributed by atoms with Gasteiger partial charge in [-0.3, -0.25) is 4.98 Å². The van der Waals surface area contributed by atoms with Crippen molar-refractivity contribution in [1.82, 2.24) is 9.99 Å². The second-order valence-corrected chi connectivity index (χ2v) is 6.88. The molecule has 4 nitrogen and oxygen atoms in total. The highest BCUT2D eigenvalue weighted by Crippen LogP contribution is 2.47. The number of hydrogen-bond acceptors (Lipinski definition) is 4. The molecule has 5 rings (SSSR count). The lowest BCUT2D eigenvalue weighted by molar-refractivity contribution is -0.0190. The third kappa shape index (κ3) is 2.54. The van der Waals surface area contributed by atoms with Gasteiger partial charge in [-0.05, 0) is 30.3 Å². The zero-order valence-electron chi connectivity index (χ0n) is 13.9. The summed E-state index contributed by atoms with van der Waals surface area (Å²) in [6, 6.07) is 20.1. The molecule has 0 amide bonds. The molecule has 3 aromatic rings. The molecule has 0 spiro atoms. The number of aromatic nitrogens is 1. The van der Waals surface area contributed by atoms with Crippen molar-refractivity contribution in [3.8, 4) is 5.75 Å². The fourth-order valence-corrected chi connectivity index (χ4v) is 3.73. The van der Waals surface area contributed by atoms with Crippen LogP contribution in [0.5, 0.6) is 5.75 Å². The first kappa shape index (κ1) is 15.4. The highest BCUT2D eigenvalue weighted by molar-refractivity contribution is 6.30. The van der Waals surface area contributed by atoms with Gasteiger partial charge in [0.25, 0.3) is 0 Å². The molecule has 0 aliphatic carbocycles. The van der Waals surface area contributed by atoms with Crippen LogP contribution in [0.3, 0.4) is 0 Å². The van der Waals surface area contributed by atoms with Crippen LogP contribution in [0.25, 0.3) is 0 Å². The molecular formula is C21H16ClN3O. The lowest BCUT2D eigenvalue weighted by Crippen LogP contribution is -2.33. The van der Waals surface area contributed by atoms with Crippen molar-refractivity contribution in [3.05, 3.63) is 94.8 Å². The van der Waals surface area contributed by atoms with Gasteiger partial charge in [0, 0.05) is 40.5 Å². The molecule has 0 saturated carbocycles. The number of hydrogen-bond donors (Lipinski definition) is 0. The average Bonchev–Trinajstić information content (AvgIpc) is 3.14. The van der Waals surface area contributed by atoms with Gasteiger partial charge in [-0.1, -0.05) is 41.9 Å². The van der Waals surface area contributed by atoms with Crippen LogP contribution < -0.4 is 4.74 Å². The lowest BCUT2D eigenvalue weighted by atomic mass is 9.96. The van der Waals surface area contributed by atoms with E-state index in [-0.39, 0.29) is 12.3 Å². The van der Waals surface area contributed by atoms with Gasteiger partial charge < -0.3 is 4.74 Å². The Morgan fingerprint density at radius 3 is 2.54 bits per heavy atom. The second kappa shape index (κ2) is 6.15. The van der Waals surface area contributed by atoms with Gasteiger partial charge in [0.2, 0.25) is 6.23 Å². The molecule has 0 saturated heterocycles. The van der Waals surface area contributed by atoms with Crippen molar-refractivity contribution in [2.24, 2.45) is 5.10 Å². The fourth-order valence-electron chi connectivity index (χ4n) is 3.60. The Morgan fingerprint density at radius 2 is 1.73 bits per heavy atom. The van der Waals surface area contributed by atoms with Gasteiger partial charge in [0.15, 0.2) is 0 Å². The van der Waals surface area contributed by atoms with E-state index in [0.29, 0.717) is 5.02 Å². The number of nitrogens with zero attached hydrogens (tertiary/aromatic N) is 3. The molecule has 1 aromatic heterocycles. The van der Waals surface area contributed by atoms with Crippen molar-refractivity contribution in [1.29, 1.82) is 0 Å². The predicted molar refractivity (Wildman–Crippen MR) is 101 cm³/mol. The molecule has 0 bridgehead atoms. The number of ether oxygens (including phenoxy) is 1. The summed E-state index contributed by atoms with van der Waals surface area (Å²) in [4.78, 5) is 4.11. The van der Waals surface area contributed by atoms with Gasteiger partial charge >= 0.3 is 0 Å². The molecule has 0 fully saturated rings. The Balaban J connectivity index is 1.60. The van der Waals surface area contributed by atoms with E-state index < -0.39 is 0 Å². The lowest BCUT2D eigenvalue weighted by Gasteiger charge is -2.38. The van der Waals surface area contributed by atoms with Crippen LogP contribution in [0, 0.1) is 0 Å². The highest BCUT2D eigenvalue weighted by atomic mass is 35.5. The third-order valence-corrected chi connectivity index (χ3v) is 5.12. The van der Waals surface area contributed by atoms with E-state index in [0.717, 1.165) is 29.0 Å². The van der Waals surface area contributed by atoms with E-state index in [9.17, 15) is 0 Å². The highest BCUT2D eigenvalue weighted by Gasteiger charge is 2.40. The largest absolute Gasteiger partial charge is 0.464 e. The Bertz CT molecular complexity index is 972. The van der Waals surface area contributed by atoms with Crippen molar-refractivity contribution >= 4 is 17.3 Å². The second-order valence-electron chi connectivity index (χ2n) is 6.44. The number of halogens is 1. The van der Waals surface area contributed by atoms with E-state index in [1.165, 1.54) is 5.56 Å². The summed E-state index contributed by atoms with van der Waals surface area (Å²) in [7, 11) is 0. The topological polar surface area (TPSA) is 37.7 Å². The monoisotopic (exact) mass is 361 g/mol. The first-order chi connectivity index (χ1) is 12.8. The SMILES string of the molecule is Clc1ccc([C@H]2Oc3ccccc3[C@H]3CC(c4ccncc4)=NN32)cc1. The molecule has 3 heterocycles. The Hall–Kier alpha value is -2.85. The van der Waals surface area contributed by atoms with Crippen molar-refractivity contribution in [3.63, 3.8) is 0 Å². The zero-order chi connectivity index (χ0) is 17.5. The quantitative estimate of drug-likeness (QED) is 0.646. The van der Waals surface area contributed by atoms with Gasteiger partial charge in [-0.25, -0.2) is 5.01 Å². The Labute approximate surface area is 156 Å². The van der Waals surface area contributed by atoms with E-state index in [2.05, 4.69) is 16.1 Å². The number of fused-ring (bicyclic) bond motifs is 3. The van der Waals surface area contributed by atoms with Crippen LogP contribution in [0.15, 0.2) is 78.2 Å². The number of hydrazone groups is 1. The van der Waals surface area contributed by atoms with Gasteiger partial charge in [0.1, 0.15) is 5.75 Å². The number of para-hydroxylation sites is 1. The normalized spacial score (nSPS) is 20.8. The minimum absolute atomic E-state index is 0.156. The zero-order valence-corrected chi connectivity index (χ0v) is 14.7. The maximum Gasteiger partial charge on any atom is 0.213 e. The van der Waals surface area contributed by atoms with E-state index in [1.807, 2.05) is 54.6 Å². The standard InChI is InChI=1S/C21H16ClN3O/c22-16-7-5-15(6-8-16)21-25-19(17-3-1-2-4-20(17)26-21)13-18(24-25)14-9-11-23-12-10-14/h1-12,19,21H,13H2/t19-,21-/m1/s1. The summed E-state index contributed by atoms with van der Waals surface area (Å²) in [5.74, 6) is 0.917. The molecule has 0 N–H and O–H groups in total. The van der Waals surface area contributed by atoms with Gasteiger partial charge in [-0.2, -0.15) is 5.10 Å². The third-order valence-electron chi connectivity index (χ3n) is 4.87. The summed E-state index contributed by atoms with van der Waals surface area (Å²) in [6.07, 6.45) is 4.17. The minimum Gasteiger partial charge on any atom is -0.464 e.